The van der Waals surface area contributed by atoms with Crippen molar-refractivity contribution in [2.45, 2.75) is 51.9 Å². The van der Waals surface area contributed by atoms with Crippen molar-refractivity contribution in [1.29, 1.82) is 0 Å². The Hall–Kier alpha value is -2.53. The number of benzene rings is 1. The molecule has 0 radical (unpaired) electrons. The standard InChI is InChI=1S/C19H25F2N3O5Si/c1-30(2,3)8-7-27-12-23-18(15(11-22-23)24(25)26)14-10-16-13(5-4-6-28-16)9-17(14)29-19(20)21/h9-11,19H,4-8,12H2,1-3H3. The van der Waals surface area contributed by atoms with Crippen LogP contribution in [0.2, 0.25) is 25.7 Å². The maximum Gasteiger partial charge on any atom is 0.387 e. The molecule has 1 aliphatic heterocycles. The predicted molar refractivity (Wildman–Crippen MR) is 109 cm³/mol. The number of fused-ring (bicyclic) bond motifs is 1. The Kier molecular flexibility index (Phi) is 6.71. The molecule has 0 aliphatic carbocycles. The number of halogens is 2. The van der Waals surface area contributed by atoms with E-state index in [2.05, 4.69) is 24.7 Å². The second-order valence-electron chi connectivity index (χ2n) is 8.27. The van der Waals surface area contributed by atoms with Crippen molar-refractivity contribution < 1.29 is 27.9 Å². The van der Waals surface area contributed by atoms with Crippen molar-refractivity contribution in [3.05, 3.63) is 34.0 Å². The molecule has 2 heterocycles. The van der Waals surface area contributed by atoms with Crippen LogP contribution in [0.3, 0.4) is 0 Å². The zero-order chi connectivity index (χ0) is 21.9. The summed E-state index contributed by atoms with van der Waals surface area (Å²) >= 11 is 0. The van der Waals surface area contributed by atoms with E-state index in [0.717, 1.165) is 24.2 Å². The van der Waals surface area contributed by atoms with Gasteiger partial charge in [0.1, 0.15) is 24.4 Å². The third-order valence-electron chi connectivity index (χ3n) is 4.71. The van der Waals surface area contributed by atoms with Gasteiger partial charge in [-0.3, -0.25) is 10.1 Å². The fourth-order valence-electron chi connectivity index (χ4n) is 3.17. The molecule has 11 heteroatoms. The van der Waals surface area contributed by atoms with Gasteiger partial charge in [-0.25, -0.2) is 4.68 Å². The molecule has 1 aromatic carbocycles. The molecule has 0 saturated carbocycles. The average Bonchev–Trinajstić information content (AvgIpc) is 3.07. The minimum absolute atomic E-state index is 0.0420. The minimum Gasteiger partial charge on any atom is -0.493 e. The van der Waals surface area contributed by atoms with Gasteiger partial charge in [-0.05, 0) is 36.6 Å². The molecule has 30 heavy (non-hydrogen) atoms. The van der Waals surface area contributed by atoms with Gasteiger partial charge in [0, 0.05) is 14.7 Å². The molecule has 0 spiro atoms. The highest BCUT2D eigenvalue weighted by atomic mass is 28.3. The Balaban J connectivity index is 2.00. The third kappa shape index (κ3) is 5.33. The SMILES string of the molecule is C[Si](C)(C)CCOCn1ncc([N+](=O)[O-])c1-c1cc2c(cc1OC(F)F)CCCO2. The van der Waals surface area contributed by atoms with Crippen LogP contribution in [0.5, 0.6) is 11.5 Å². The molecule has 8 nitrogen and oxygen atoms in total. The number of nitro groups is 1. The first-order valence-electron chi connectivity index (χ1n) is 9.68. The Labute approximate surface area is 173 Å². The van der Waals surface area contributed by atoms with E-state index in [0.29, 0.717) is 25.4 Å². The van der Waals surface area contributed by atoms with E-state index in [-0.39, 0.29) is 29.4 Å². The van der Waals surface area contributed by atoms with E-state index in [9.17, 15) is 18.9 Å². The van der Waals surface area contributed by atoms with Crippen molar-refractivity contribution >= 4 is 13.8 Å². The zero-order valence-corrected chi connectivity index (χ0v) is 18.2. The normalized spacial score (nSPS) is 13.8. The summed E-state index contributed by atoms with van der Waals surface area (Å²) in [6.07, 6.45) is 2.49. The van der Waals surface area contributed by atoms with Crippen molar-refractivity contribution in [2.75, 3.05) is 13.2 Å². The maximum atomic E-state index is 13.1. The summed E-state index contributed by atoms with van der Waals surface area (Å²) in [7, 11) is -1.31. The second-order valence-corrected chi connectivity index (χ2v) is 13.9. The van der Waals surface area contributed by atoms with Crippen LogP contribution in [0.25, 0.3) is 11.3 Å². The highest BCUT2D eigenvalue weighted by Gasteiger charge is 2.28. The van der Waals surface area contributed by atoms with Gasteiger partial charge in [0.25, 0.3) is 0 Å². The number of nitrogens with zero attached hydrogens (tertiary/aromatic N) is 3. The van der Waals surface area contributed by atoms with Gasteiger partial charge in [-0.15, -0.1) is 0 Å². The van der Waals surface area contributed by atoms with Crippen LogP contribution in [0.4, 0.5) is 14.5 Å². The lowest BCUT2D eigenvalue weighted by Gasteiger charge is -2.21. The molecule has 0 fully saturated rings. The topological polar surface area (TPSA) is 88.7 Å². The summed E-state index contributed by atoms with van der Waals surface area (Å²) < 4.78 is 43.4. The number of aromatic nitrogens is 2. The monoisotopic (exact) mass is 441 g/mol. The number of aryl methyl sites for hydroxylation is 1. The quantitative estimate of drug-likeness (QED) is 0.243. The number of hydrogen-bond donors (Lipinski definition) is 0. The Bertz CT molecular complexity index is 914. The molecule has 1 aromatic heterocycles. The van der Waals surface area contributed by atoms with Gasteiger partial charge in [-0.2, -0.15) is 13.9 Å². The van der Waals surface area contributed by atoms with Crippen molar-refractivity contribution in [1.82, 2.24) is 9.78 Å². The van der Waals surface area contributed by atoms with Gasteiger partial charge in [0.15, 0.2) is 5.69 Å². The van der Waals surface area contributed by atoms with Crippen molar-refractivity contribution in [3.63, 3.8) is 0 Å². The van der Waals surface area contributed by atoms with Gasteiger partial charge < -0.3 is 14.2 Å². The Morgan fingerprint density at radius 3 is 2.80 bits per heavy atom. The van der Waals surface area contributed by atoms with E-state index < -0.39 is 19.6 Å². The number of rotatable bonds is 9. The van der Waals surface area contributed by atoms with E-state index in [1.807, 2.05) is 0 Å². The average molecular weight is 442 g/mol. The molecule has 0 N–H and O–H groups in total. The van der Waals surface area contributed by atoms with Crippen LogP contribution < -0.4 is 9.47 Å². The summed E-state index contributed by atoms with van der Waals surface area (Å²) in [6.45, 7) is 4.48. The van der Waals surface area contributed by atoms with E-state index >= 15 is 0 Å². The summed E-state index contributed by atoms with van der Waals surface area (Å²) in [5.74, 6) is 0.348. The Morgan fingerprint density at radius 2 is 2.13 bits per heavy atom. The first-order valence-corrected chi connectivity index (χ1v) is 13.4. The van der Waals surface area contributed by atoms with Crippen LogP contribution in [-0.4, -0.2) is 42.6 Å². The predicted octanol–water partition coefficient (Wildman–Crippen LogP) is 4.70. The highest BCUT2D eigenvalue weighted by molar-refractivity contribution is 6.76. The van der Waals surface area contributed by atoms with Crippen LogP contribution in [0, 0.1) is 10.1 Å². The summed E-state index contributed by atoms with van der Waals surface area (Å²) in [6, 6.07) is 3.88. The number of hydrogen-bond acceptors (Lipinski definition) is 6. The summed E-state index contributed by atoms with van der Waals surface area (Å²) in [5, 5.41) is 15.6. The summed E-state index contributed by atoms with van der Waals surface area (Å²) in [5.41, 5.74) is 0.564. The largest absolute Gasteiger partial charge is 0.493 e. The van der Waals surface area contributed by atoms with E-state index in [1.54, 1.807) is 0 Å². The second kappa shape index (κ2) is 9.09. The molecule has 164 valence electrons. The van der Waals surface area contributed by atoms with Crippen molar-refractivity contribution in [3.8, 4) is 22.8 Å². The lowest BCUT2D eigenvalue weighted by Crippen LogP contribution is -2.22. The third-order valence-corrected chi connectivity index (χ3v) is 6.41. The lowest BCUT2D eigenvalue weighted by atomic mass is 10.0. The number of alkyl halides is 2. The molecular formula is C19H25F2N3O5Si. The number of ether oxygens (including phenoxy) is 3. The molecular weight excluding hydrogens is 416 g/mol. The Morgan fingerprint density at radius 1 is 1.37 bits per heavy atom. The molecule has 2 aromatic rings. The van der Waals surface area contributed by atoms with E-state index in [1.165, 1.54) is 16.8 Å². The van der Waals surface area contributed by atoms with Gasteiger partial charge in [0.05, 0.1) is 17.1 Å². The minimum atomic E-state index is -3.07. The van der Waals surface area contributed by atoms with Crippen LogP contribution in [-0.2, 0) is 17.9 Å². The van der Waals surface area contributed by atoms with Crippen molar-refractivity contribution in [2.24, 2.45) is 0 Å². The smallest absolute Gasteiger partial charge is 0.387 e. The van der Waals surface area contributed by atoms with Crippen LogP contribution >= 0.6 is 0 Å². The van der Waals surface area contributed by atoms with E-state index in [4.69, 9.17) is 14.2 Å². The molecule has 0 bridgehead atoms. The molecule has 0 atom stereocenters. The fourth-order valence-corrected chi connectivity index (χ4v) is 3.93. The maximum absolute atomic E-state index is 13.1. The van der Waals surface area contributed by atoms with Gasteiger partial charge in [0.2, 0.25) is 0 Å². The van der Waals surface area contributed by atoms with Crippen LogP contribution in [0.1, 0.15) is 12.0 Å². The van der Waals surface area contributed by atoms with Gasteiger partial charge in [-0.1, -0.05) is 19.6 Å². The lowest BCUT2D eigenvalue weighted by molar-refractivity contribution is -0.384. The molecule has 0 amide bonds. The van der Waals surface area contributed by atoms with Crippen LogP contribution in [0.15, 0.2) is 18.3 Å². The molecule has 0 saturated heterocycles. The fraction of sp³-hybridized carbons (Fsp3) is 0.526. The first kappa shape index (κ1) is 22.2. The highest BCUT2D eigenvalue weighted by Crippen LogP contribution is 2.42. The molecule has 1 aliphatic rings. The first-order chi connectivity index (χ1) is 14.2. The summed E-state index contributed by atoms with van der Waals surface area (Å²) in [4.78, 5) is 11.0. The molecule has 3 rings (SSSR count). The molecule has 0 unspecified atom stereocenters. The zero-order valence-electron chi connectivity index (χ0n) is 17.2. The van der Waals surface area contributed by atoms with Gasteiger partial charge >= 0.3 is 12.3 Å².